The molecular weight excluding hydrogens is 405 g/mol. The van der Waals surface area contributed by atoms with Crippen molar-refractivity contribution in [1.29, 1.82) is 0 Å². The first-order valence-electron chi connectivity index (χ1n) is 10.5. The minimum absolute atomic E-state index is 0.0773. The van der Waals surface area contributed by atoms with Gasteiger partial charge >= 0.3 is 14.2 Å². The van der Waals surface area contributed by atoms with E-state index in [4.69, 9.17) is 20.5 Å². The number of rotatable bonds is 5. The van der Waals surface area contributed by atoms with Gasteiger partial charge in [-0.1, -0.05) is 26.0 Å². The van der Waals surface area contributed by atoms with E-state index in [1.54, 1.807) is 24.3 Å². The van der Waals surface area contributed by atoms with Gasteiger partial charge in [0.1, 0.15) is 18.1 Å². The predicted octanol–water partition coefficient (Wildman–Crippen LogP) is 1.09. The highest BCUT2D eigenvalue weighted by Gasteiger charge is 2.28. The van der Waals surface area contributed by atoms with E-state index < -0.39 is 21.4 Å². The van der Waals surface area contributed by atoms with Crippen molar-refractivity contribution in [2.75, 3.05) is 13.8 Å². The van der Waals surface area contributed by atoms with Crippen LogP contribution in [0.3, 0.4) is 0 Å². The van der Waals surface area contributed by atoms with Crippen molar-refractivity contribution in [1.82, 2.24) is 0 Å². The Hall–Kier alpha value is -2.39. The molecule has 0 fully saturated rings. The largest absolute Gasteiger partial charge is 0.508 e. The number of aromatic hydroxyl groups is 1. The molecule has 2 aliphatic rings. The zero-order valence-electron chi connectivity index (χ0n) is 18.6. The number of phenolic OH excluding ortho intramolecular Hbond substituents is 1. The monoisotopic (exact) mass is 433 g/mol. The molecule has 2 aromatic rings. The Kier molecular flexibility index (Phi) is 8.90. The number of ether oxygens (including phenoxy) is 1. The highest BCUT2D eigenvalue weighted by molar-refractivity contribution is 6.62. The Labute approximate surface area is 183 Å². The third-order valence-electron chi connectivity index (χ3n) is 4.61. The SMILES string of the molecule is CC(C)CC(=O)COc1ccc2c(c1)B(O)OC2.OB1OCc2ccc(O)cc21.[2H]CF. The molecule has 2 aliphatic heterocycles. The number of fused-ring (bicyclic) bond motifs is 2. The highest BCUT2D eigenvalue weighted by Crippen LogP contribution is 2.17. The van der Waals surface area contributed by atoms with Crippen LogP contribution in [0.25, 0.3) is 0 Å². The topological polar surface area (TPSA) is 105 Å². The minimum Gasteiger partial charge on any atom is -0.508 e. The van der Waals surface area contributed by atoms with Gasteiger partial charge in [-0.2, -0.15) is 0 Å². The van der Waals surface area contributed by atoms with Crippen LogP contribution in [0.1, 0.15) is 32.8 Å². The van der Waals surface area contributed by atoms with Gasteiger partial charge in [0.2, 0.25) is 0 Å². The van der Waals surface area contributed by atoms with Crippen LogP contribution >= 0.6 is 0 Å². The minimum atomic E-state index is -1.00. The molecule has 0 unspecified atom stereocenters. The van der Waals surface area contributed by atoms with Crippen molar-refractivity contribution in [3.63, 3.8) is 0 Å². The predicted molar refractivity (Wildman–Crippen MR) is 116 cm³/mol. The maximum absolute atomic E-state index is 11.5. The van der Waals surface area contributed by atoms with Crippen LogP contribution in [0.2, 0.25) is 0 Å². The van der Waals surface area contributed by atoms with Crippen LogP contribution in [-0.2, 0) is 27.3 Å². The number of phenols is 1. The molecule has 3 N–H and O–H groups in total. The second-order valence-corrected chi connectivity index (χ2v) is 7.50. The molecule has 0 saturated heterocycles. The number of ketones is 1. The van der Waals surface area contributed by atoms with E-state index in [0.29, 0.717) is 36.8 Å². The molecule has 0 atom stereocenters. The Balaban J connectivity index is 0.000000220. The van der Waals surface area contributed by atoms with Crippen molar-refractivity contribution in [3.05, 3.63) is 47.5 Å². The Morgan fingerprint density at radius 3 is 2.26 bits per heavy atom. The van der Waals surface area contributed by atoms with Crippen LogP contribution in [0.4, 0.5) is 4.39 Å². The van der Waals surface area contributed by atoms with Crippen LogP contribution in [0.5, 0.6) is 11.5 Å². The van der Waals surface area contributed by atoms with Gasteiger partial charge in [0, 0.05) is 6.42 Å². The molecule has 0 radical (unpaired) electrons. The molecule has 0 bridgehead atoms. The fourth-order valence-corrected chi connectivity index (χ4v) is 3.16. The van der Waals surface area contributed by atoms with Gasteiger partial charge in [-0.25, -0.2) is 0 Å². The number of Topliss-reactive ketones (excluding diaryl/α,β-unsaturated/α-hetero) is 1. The fraction of sp³-hybridized carbons (Fsp3) is 0.381. The molecule has 31 heavy (non-hydrogen) atoms. The van der Waals surface area contributed by atoms with Crippen molar-refractivity contribution in [2.45, 2.75) is 33.5 Å². The molecule has 0 aromatic heterocycles. The lowest BCUT2D eigenvalue weighted by Crippen LogP contribution is -2.28. The molecule has 0 aliphatic carbocycles. The molecule has 4 rings (SSSR count). The lowest BCUT2D eigenvalue weighted by molar-refractivity contribution is -0.121. The second kappa shape index (κ2) is 11.9. The highest BCUT2D eigenvalue weighted by atomic mass is 19.1. The standard InChI is InChI=1S/C13H17BO4.C7H7BO3.CH3F/c1-9(2)5-11(15)8-17-12-4-3-10-7-18-14(16)13(10)6-12;9-6-2-1-5-4-11-8(10)7(5)3-6;1-2/h3-4,6,9,16H,5,7-8H2,1-2H3;1-3,9-10H,4H2;1H3/i;;1D. The third-order valence-corrected chi connectivity index (χ3v) is 4.61. The first-order chi connectivity index (χ1) is 15.2. The van der Waals surface area contributed by atoms with Crippen LogP contribution in [0.15, 0.2) is 36.4 Å². The normalized spacial score (nSPS) is 14.1. The smallest absolute Gasteiger partial charge is 0.491 e. The summed E-state index contributed by atoms with van der Waals surface area (Å²) >= 11 is 0. The Morgan fingerprint density at radius 2 is 1.68 bits per heavy atom. The van der Waals surface area contributed by atoms with Gasteiger partial charge in [0.15, 0.2) is 5.78 Å². The van der Waals surface area contributed by atoms with Gasteiger partial charge in [0.05, 0.1) is 21.7 Å². The number of halogens is 1. The van der Waals surface area contributed by atoms with Crippen molar-refractivity contribution < 1.29 is 39.8 Å². The van der Waals surface area contributed by atoms with Crippen LogP contribution < -0.4 is 15.7 Å². The summed E-state index contributed by atoms with van der Waals surface area (Å²) in [4.78, 5) is 11.5. The summed E-state index contributed by atoms with van der Waals surface area (Å²) in [6, 6.07) is 10.2. The lowest BCUT2D eigenvalue weighted by Gasteiger charge is -2.08. The van der Waals surface area contributed by atoms with E-state index in [1.807, 2.05) is 19.9 Å². The Bertz CT molecular complexity index is 900. The summed E-state index contributed by atoms with van der Waals surface area (Å²) in [5.74, 6) is 1.18. The fourth-order valence-electron chi connectivity index (χ4n) is 3.16. The molecule has 0 spiro atoms. The second-order valence-electron chi connectivity index (χ2n) is 7.50. The third kappa shape index (κ3) is 7.07. The molecule has 0 amide bonds. The lowest BCUT2D eigenvalue weighted by atomic mass is 9.79. The van der Waals surface area contributed by atoms with Crippen molar-refractivity contribution in [2.24, 2.45) is 5.92 Å². The molecule has 10 heteroatoms. The maximum atomic E-state index is 11.5. The number of hydrogen-bond donors (Lipinski definition) is 3. The van der Waals surface area contributed by atoms with E-state index in [0.717, 1.165) is 16.6 Å². The van der Waals surface area contributed by atoms with Gasteiger partial charge in [-0.3, -0.25) is 9.18 Å². The van der Waals surface area contributed by atoms with Crippen LogP contribution in [-0.4, -0.2) is 48.9 Å². The molecule has 7 nitrogen and oxygen atoms in total. The zero-order valence-corrected chi connectivity index (χ0v) is 17.6. The van der Waals surface area contributed by atoms with E-state index in [9.17, 15) is 19.2 Å². The zero-order chi connectivity index (χ0) is 23.7. The maximum Gasteiger partial charge on any atom is 0.491 e. The summed E-state index contributed by atoms with van der Waals surface area (Å²) in [6.45, 7) is 4.93. The average molecular weight is 433 g/mol. The number of carbonyl (C=O) groups excluding carboxylic acids is 1. The summed E-state index contributed by atoms with van der Waals surface area (Å²) in [7, 11) is -2.74. The van der Waals surface area contributed by atoms with E-state index in [2.05, 4.69) is 0 Å². The van der Waals surface area contributed by atoms with Gasteiger partial charge < -0.3 is 29.2 Å². The van der Waals surface area contributed by atoms with E-state index in [-0.39, 0.29) is 18.1 Å². The molecule has 2 aromatic carbocycles. The molecule has 166 valence electrons. The first-order valence-corrected chi connectivity index (χ1v) is 9.78. The molecule has 2 heterocycles. The van der Waals surface area contributed by atoms with Crippen molar-refractivity contribution in [3.8, 4) is 11.5 Å². The van der Waals surface area contributed by atoms with Gasteiger partial charge in [-0.05, 0) is 52.2 Å². The Morgan fingerprint density at radius 1 is 1.13 bits per heavy atom. The van der Waals surface area contributed by atoms with E-state index >= 15 is 0 Å². The quantitative estimate of drug-likeness (QED) is 0.607. The van der Waals surface area contributed by atoms with Gasteiger partial charge in [0.25, 0.3) is 0 Å². The van der Waals surface area contributed by atoms with Crippen LogP contribution in [0, 0.1) is 5.92 Å². The number of alkyl halides is 1. The van der Waals surface area contributed by atoms with Crippen molar-refractivity contribution >= 4 is 30.9 Å². The number of hydrogen-bond acceptors (Lipinski definition) is 7. The van der Waals surface area contributed by atoms with Gasteiger partial charge in [-0.15, -0.1) is 0 Å². The molecule has 0 saturated carbocycles. The summed E-state index contributed by atoms with van der Waals surface area (Å²) < 4.78 is 30.9. The summed E-state index contributed by atoms with van der Waals surface area (Å²) in [6.07, 6.45) is 0.524. The van der Waals surface area contributed by atoms with E-state index in [1.165, 1.54) is 6.07 Å². The number of carbonyl (C=O) groups is 1. The number of benzene rings is 2. The average Bonchev–Trinajstić information content (AvgIpc) is 3.30. The molecular formula is C21H27B2FO7. The summed E-state index contributed by atoms with van der Waals surface area (Å²) in [5.41, 5.74) is 3.30. The first kappa shape index (κ1) is 23.3. The summed E-state index contributed by atoms with van der Waals surface area (Å²) in [5, 5.41) is 27.8.